The van der Waals surface area contributed by atoms with Crippen molar-refractivity contribution in [1.29, 1.82) is 0 Å². The molecule has 0 aromatic heterocycles. The molecule has 0 unspecified atom stereocenters. The van der Waals surface area contributed by atoms with Gasteiger partial charge >= 0.3 is 0 Å². The van der Waals surface area contributed by atoms with Crippen LogP contribution in [0.4, 0.5) is 0 Å². The number of ether oxygens (including phenoxy) is 1. The Labute approximate surface area is 125 Å². The van der Waals surface area contributed by atoms with Gasteiger partial charge in [0, 0.05) is 11.5 Å². The lowest BCUT2D eigenvalue weighted by Crippen LogP contribution is -2.29. The number of carbonyl (C=O) groups is 2. The van der Waals surface area contributed by atoms with Crippen molar-refractivity contribution in [2.75, 3.05) is 18.6 Å². The van der Waals surface area contributed by atoms with Crippen LogP contribution >= 0.6 is 23.5 Å². The van der Waals surface area contributed by atoms with E-state index in [1.165, 1.54) is 0 Å². The van der Waals surface area contributed by atoms with Crippen LogP contribution in [0.2, 0.25) is 0 Å². The molecule has 0 N–H and O–H groups in total. The zero-order chi connectivity index (χ0) is 15.2. The third kappa shape index (κ3) is 4.97. The van der Waals surface area contributed by atoms with Gasteiger partial charge in [0.1, 0.15) is 5.75 Å². The summed E-state index contributed by atoms with van der Waals surface area (Å²) >= 11 is 2.22. The molecule has 0 saturated carbocycles. The van der Waals surface area contributed by atoms with Crippen molar-refractivity contribution in [2.24, 2.45) is 0 Å². The second kappa shape index (κ2) is 7.44. The van der Waals surface area contributed by atoms with E-state index in [9.17, 15) is 19.8 Å². The average Bonchev–Trinajstić information content (AvgIpc) is 2.43. The molecule has 0 aliphatic heterocycles. The van der Waals surface area contributed by atoms with Gasteiger partial charge in [-0.1, -0.05) is 12.1 Å². The topological polar surface area (TPSA) is 89.5 Å². The normalized spacial score (nSPS) is 11.1. The average molecular weight is 314 g/mol. The van der Waals surface area contributed by atoms with Crippen molar-refractivity contribution < 1.29 is 24.5 Å². The first-order valence-electron chi connectivity index (χ1n) is 5.69. The van der Waals surface area contributed by atoms with Crippen LogP contribution < -0.4 is 14.9 Å². The summed E-state index contributed by atoms with van der Waals surface area (Å²) in [5, 5.41) is 21.3. The van der Waals surface area contributed by atoms with E-state index in [1.807, 2.05) is 0 Å². The van der Waals surface area contributed by atoms with Crippen molar-refractivity contribution in [2.45, 2.75) is 11.0 Å². The second-order valence-electron chi connectivity index (χ2n) is 4.00. The summed E-state index contributed by atoms with van der Waals surface area (Å²) in [5.74, 6) is -2.15. The summed E-state index contributed by atoms with van der Waals surface area (Å²) in [6.45, 7) is 1.77. The van der Waals surface area contributed by atoms with E-state index in [1.54, 1.807) is 38.3 Å². The highest BCUT2D eigenvalue weighted by molar-refractivity contribution is 8.18. The minimum absolute atomic E-state index is 0.220. The molecule has 1 rings (SSSR count). The van der Waals surface area contributed by atoms with Gasteiger partial charge in [0.15, 0.2) is 0 Å². The lowest BCUT2D eigenvalue weighted by Gasteiger charge is -2.29. The van der Waals surface area contributed by atoms with Gasteiger partial charge in [0.05, 0.1) is 23.1 Å². The van der Waals surface area contributed by atoms with Crippen molar-refractivity contribution in [3.05, 3.63) is 29.8 Å². The Morgan fingerprint density at radius 1 is 1.10 bits per heavy atom. The fourth-order valence-electron chi connectivity index (χ4n) is 1.50. The van der Waals surface area contributed by atoms with Crippen LogP contribution in [0.1, 0.15) is 12.5 Å². The van der Waals surface area contributed by atoms with Gasteiger partial charge in [-0.15, -0.1) is 23.5 Å². The van der Waals surface area contributed by atoms with Crippen LogP contribution in [0.3, 0.4) is 0 Å². The zero-order valence-electron chi connectivity index (χ0n) is 11.1. The highest BCUT2D eigenvalue weighted by Crippen LogP contribution is 2.46. The molecule has 0 spiro atoms. The Balaban J connectivity index is 2.93. The lowest BCUT2D eigenvalue weighted by atomic mass is 10.1. The van der Waals surface area contributed by atoms with E-state index in [0.717, 1.165) is 29.1 Å². The molecule has 0 aliphatic rings. The number of benzene rings is 1. The van der Waals surface area contributed by atoms with Crippen molar-refractivity contribution in [3.8, 4) is 5.75 Å². The maximum atomic E-state index is 10.6. The minimum Gasteiger partial charge on any atom is -0.549 e. The summed E-state index contributed by atoms with van der Waals surface area (Å²) in [5.41, 5.74) is 0.802. The first kappa shape index (κ1) is 16.7. The van der Waals surface area contributed by atoms with Crippen molar-refractivity contribution in [3.63, 3.8) is 0 Å². The molecule has 0 heterocycles. The van der Waals surface area contributed by atoms with Gasteiger partial charge in [-0.05, 0) is 24.6 Å². The lowest BCUT2D eigenvalue weighted by molar-refractivity contribution is -0.302. The maximum Gasteiger partial charge on any atom is 0.118 e. The van der Waals surface area contributed by atoms with Gasteiger partial charge < -0.3 is 24.5 Å². The van der Waals surface area contributed by atoms with E-state index in [0.29, 0.717) is 5.75 Å². The van der Waals surface area contributed by atoms with E-state index >= 15 is 0 Å². The summed E-state index contributed by atoms with van der Waals surface area (Å²) in [6, 6.07) is 7.05. The Hall–Kier alpha value is -1.34. The summed E-state index contributed by atoms with van der Waals surface area (Å²) in [4.78, 5) is 21.3. The monoisotopic (exact) mass is 314 g/mol. The number of hydrogen-bond donors (Lipinski definition) is 0. The standard InChI is InChI=1S/C13H16O5S2/c1-13(19-7-11(14)15,20-8-12(16)17)9-3-5-10(18-2)6-4-9/h3-6H,7-8H2,1-2H3,(H,14,15)(H,16,17)/p-2. The van der Waals surface area contributed by atoms with Crippen LogP contribution in [0.15, 0.2) is 24.3 Å². The van der Waals surface area contributed by atoms with Gasteiger partial charge in [-0.25, -0.2) is 0 Å². The third-order valence-corrected chi connectivity index (χ3v) is 5.59. The van der Waals surface area contributed by atoms with Gasteiger partial charge in [-0.3, -0.25) is 0 Å². The van der Waals surface area contributed by atoms with E-state index in [2.05, 4.69) is 0 Å². The fraction of sp³-hybridized carbons (Fsp3) is 0.385. The third-order valence-electron chi connectivity index (χ3n) is 2.55. The van der Waals surface area contributed by atoms with E-state index < -0.39 is 16.0 Å². The molecule has 0 radical (unpaired) electrons. The number of carboxylic acid groups (broad SMARTS) is 2. The maximum absolute atomic E-state index is 10.6. The Bertz CT molecular complexity index is 454. The minimum atomic E-state index is -1.19. The molecule has 7 heteroatoms. The summed E-state index contributed by atoms with van der Waals surface area (Å²) < 4.78 is 4.34. The number of carboxylic acids is 2. The van der Waals surface area contributed by atoms with Crippen LogP contribution in [0.25, 0.3) is 0 Å². The van der Waals surface area contributed by atoms with Crippen LogP contribution in [-0.2, 0) is 13.7 Å². The number of aliphatic carboxylic acids is 2. The van der Waals surface area contributed by atoms with E-state index in [4.69, 9.17) is 4.74 Å². The van der Waals surface area contributed by atoms with Gasteiger partial charge in [0.2, 0.25) is 0 Å². The highest BCUT2D eigenvalue weighted by atomic mass is 32.2. The van der Waals surface area contributed by atoms with Gasteiger partial charge in [-0.2, -0.15) is 0 Å². The highest BCUT2D eigenvalue weighted by Gasteiger charge is 2.28. The van der Waals surface area contributed by atoms with Crippen LogP contribution in [-0.4, -0.2) is 30.6 Å². The first-order chi connectivity index (χ1) is 9.37. The molecule has 1 aromatic rings. The van der Waals surface area contributed by atoms with Crippen molar-refractivity contribution in [1.82, 2.24) is 0 Å². The molecule has 0 aliphatic carbocycles. The molecule has 0 amide bonds. The van der Waals surface area contributed by atoms with E-state index in [-0.39, 0.29) is 11.5 Å². The predicted octanol–water partition coefficient (Wildman–Crippen LogP) is -0.166. The second-order valence-corrected chi connectivity index (χ2v) is 7.04. The molecular formula is C13H14O5S2-2. The predicted molar refractivity (Wildman–Crippen MR) is 75.3 cm³/mol. The SMILES string of the molecule is COc1ccc(C(C)(SCC(=O)[O-])SCC(=O)[O-])cc1. The van der Waals surface area contributed by atoms with Crippen LogP contribution in [0.5, 0.6) is 5.75 Å². The van der Waals surface area contributed by atoms with Gasteiger partial charge in [0.25, 0.3) is 0 Å². The summed E-state index contributed by atoms with van der Waals surface area (Å²) in [6.07, 6.45) is 0. The smallest absolute Gasteiger partial charge is 0.118 e. The molecule has 110 valence electrons. The Morgan fingerprint density at radius 3 is 1.90 bits per heavy atom. The summed E-state index contributed by atoms with van der Waals surface area (Å²) in [7, 11) is 1.55. The molecule has 5 nitrogen and oxygen atoms in total. The fourth-order valence-corrected chi connectivity index (χ4v) is 3.57. The zero-order valence-corrected chi connectivity index (χ0v) is 12.7. The first-order valence-corrected chi connectivity index (χ1v) is 7.66. The molecule has 0 fully saturated rings. The molecule has 0 bridgehead atoms. The number of carbonyl (C=O) groups excluding carboxylic acids is 2. The Morgan fingerprint density at radius 2 is 1.55 bits per heavy atom. The molecule has 20 heavy (non-hydrogen) atoms. The molecule has 1 aromatic carbocycles. The number of methoxy groups -OCH3 is 1. The number of thioether (sulfide) groups is 2. The quantitative estimate of drug-likeness (QED) is 0.616. The molecule has 0 saturated heterocycles. The van der Waals surface area contributed by atoms with Crippen molar-refractivity contribution >= 4 is 35.5 Å². The van der Waals surface area contributed by atoms with Crippen LogP contribution in [0, 0.1) is 0 Å². The molecular weight excluding hydrogens is 300 g/mol. The largest absolute Gasteiger partial charge is 0.549 e. The number of hydrogen-bond acceptors (Lipinski definition) is 7. The number of rotatable bonds is 8. The molecule has 0 atom stereocenters. The Kier molecular flexibility index (Phi) is 6.22.